The molecule has 1 aliphatic rings. The highest BCUT2D eigenvalue weighted by molar-refractivity contribution is 9.10. The van der Waals surface area contributed by atoms with Crippen molar-refractivity contribution in [3.8, 4) is 11.5 Å². The summed E-state index contributed by atoms with van der Waals surface area (Å²) in [7, 11) is 0. The van der Waals surface area contributed by atoms with Crippen molar-refractivity contribution in [3.05, 3.63) is 41.0 Å². The first kappa shape index (κ1) is 14.2. The zero-order valence-electron chi connectivity index (χ0n) is 11.2. The van der Waals surface area contributed by atoms with Gasteiger partial charge in [-0.1, -0.05) is 0 Å². The van der Waals surface area contributed by atoms with Gasteiger partial charge in [-0.15, -0.1) is 0 Å². The molecule has 0 unspecified atom stereocenters. The average Bonchev–Trinajstić information content (AvgIpc) is 2.51. The predicted molar refractivity (Wildman–Crippen MR) is 81.3 cm³/mol. The largest absolute Gasteiger partial charge is 0.451 e. The molecule has 0 atom stereocenters. The van der Waals surface area contributed by atoms with Gasteiger partial charge in [0.25, 0.3) is 0 Å². The summed E-state index contributed by atoms with van der Waals surface area (Å²) in [6.45, 7) is 3.53. The molecule has 1 aliphatic heterocycles. The fourth-order valence-corrected chi connectivity index (χ4v) is 2.60. The van der Waals surface area contributed by atoms with Gasteiger partial charge in [0.2, 0.25) is 0 Å². The summed E-state index contributed by atoms with van der Waals surface area (Å²) in [6, 6.07) is 4.30. The molecule has 1 aromatic carbocycles. The Bertz CT molecular complexity index is 634. The van der Waals surface area contributed by atoms with Crippen LogP contribution in [0, 0.1) is 5.82 Å². The Morgan fingerprint density at radius 2 is 2.05 bits per heavy atom. The number of piperazine rings is 1. The van der Waals surface area contributed by atoms with Gasteiger partial charge in [-0.25, -0.2) is 14.4 Å². The molecule has 2 aromatic rings. The Labute approximate surface area is 130 Å². The molecule has 0 amide bonds. The second-order valence-corrected chi connectivity index (χ2v) is 5.48. The summed E-state index contributed by atoms with van der Waals surface area (Å²) in [6.07, 6.45) is 3.13. The van der Waals surface area contributed by atoms with Crippen LogP contribution in [0.2, 0.25) is 0 Å². The van der Waals surface area contributed by atoms with Crippen molar-refractivity contribution in [2.75, 3.05) is 31.1 Å². The molecule has 1 N–H and O–H groups in total. The minimum atomic E-state index is -0.319. The summed E-state index contributed by atoms with van der Waals surface area (Å²) in [5, 5.41) is 3.29. The zero-order valence-corrected chi connectivity index (χ0v) is 12.8. The van der Waals surface area contributed by atoms with E-state index in [1.165, 1.54) is 18.5 Å². The lowest BCUT2D eigenvalue weighted by molar-refractivity contribution is 0.467. The predicted octanol–water partition coefficient (Wildman–Crippen LogP) is 2.58. The van der Waals surface area contributed by atoms with Crippen molar-refractivity contribution in [2.45, 2.75) is 0 Å². The number of benzene rings is 1. The highest BCUT2D eigenvalue weighted by atomic mass is 79.9. The Morgan fingerprint density at radius 3 is 2.81 bits per heavy atom. The van der Waals surface area contributed by atoms with Crippen molar-refractivity contribution in [3.63, 3.8) is 0 Å². The molecule has 0 radical (unpaired) electrons. The average molecular weight is 353 g/mol. The van der Waals surface area contributed by atoms with Crippen molar-refractivity contribution in [2.24, 2.45) is 0 Å². The van der Waals surface area contributed by atoms with Crippen LogP contribution in [0.1, 0.15) is 0 Å². The number of nitrogens with zero attached hydrogens (tertiary/aromatic N) is 3. The highest BCUT2D eigenvalue weighted by Gasteiger charge is 2.17. The SMILES string of the molecule is Fc1ccc(Oc2cncnc2N2CCNCC2)c(Br)c1. The van der Waals surface area contributed by atoms with E-state index in [2.05, 4.69) is 36.1 Å². The quantitative estimate of drug-likeness (QED) is 0.919. The number of anilines is 1. The fourth-order valence-electron chi connectivity index (χ4n) is 2.17. The van der Waals surface area contributed by atoms with E-state index in [0.717, 1.165) is 32.0 Å². The van der Waals surface area contributed by atoms with Crippen LogP contribution >= 0.6 is 15.9 Å². The van der Waals surface area contributed by atoms with Crippen LogP contribution in [0.4, 0.5) is 10.2 Å². The van der Waals surface area contributed by atoms with Crippen LogP contribution in [-0.4, -0.2) is 36.1 Å². The van der Waals surface area contributed by atoms with Crippen molar-refractivity contribution < 1.29 is 9.13 Å². The lowest BCUT2D eigenvalue weighted by Gasteiger charge is -2.29. The summed E-state index contributed by atoms with van der Waals surface area (Å²) in [4.78, 5) is 10.5. The molecule has 110 valence electrons. The lowest BCUT2D eigenvalue weighted by Crippen LogP contribution is -2.44. The Balaban J connectivity index is 1.88. The van der Waals surface area contributed by atoms with Crippen LogP contribution in [0.3, 0.4) is 0 Å². The molecule has 3 rings (SSSR count). The van der Waals surface area contributed by atoms with Crippen molar-refractivity contribution >= 4 is 21.7 Å². The van der Waals surface area contributed by atoms with Crippen molar-refractivity contribution in [1.29, 1.82) is 0 Å². The van der Waals surface area contributed by atoms with E-state index >= 15 is 0 Å². The van der Waals surface area contributed by atoms with Crippen LogP contribution in [0.25, 0.3) is 0 Å². The Morgan fingerprint density at radius 1 is 1.24 bits per heavy atom. The minimum Gasteiger partial charge on any atom is -0.451 e. The smallest absolute Gasteiger partial charge is 0.188 e. The van der Waals surface area contributed by atoms with E-state index in [9.17, 15) is 4.39 Å². The van der Waals surface area contributed by atoms with Crippen molar-refractivity contribution in [1.82, 2.24) is 15.3 Å². The monoisotopic (exact) mass is 352 g/mol. The topological polar surface area (TPSA) is 50.3 Å². The van der Waals surface area contributed by atoms with Crippen LogP contribution < -0.4 is 15.0 Å². The first-order valence-electron chi connectivity index (χ1n) is 6.62. The summed E-state index contributed by atoms with van der Waals surface area (Å²) < 4.78 is 19.5. The molecule has 0 spiro atoms. The second kappa shape index (κ2) is 6.36. The molecule has 0 aliphatic carbocycles. The molecule has 1 saturated heterocycles. The van der Waals surface area contributed by atoms with E-state index < -0.39 is 0 Å². The van der Waals surface area contributed by atoms with Gasteiger partial charge in [-0.3, -0.25) is 0 Å². The van der Waals surface area contributed by atoms with Gasteiger partial charge in [0.1, 0.15) is 17.9 Å². The number of halogens is 2. The third kappa shape index (κ3) is 3.30. The number of aromatic nitrogens is 2. The fraction of sp³-hybridized carbons (Fsp3) is 0.286. The van der Waals surface area contributed by atoms with E-state index in [0.29, 0.717) is 16.0 Å². The van der Waals surface area contributed by atoms with Gasteiger partial charge < -0.3 is 15.0 Å². The highest BCUT2D eigenvalue weighted by Crippen LogP contribution is 2.34. The van der Waals surface area contributed by atoms with Gasteiger partial charge in [0, 0.05) is 26.2 Å². The van der Waals surface area contributed by atoms with E-state index in [1.807, 2.05) is 0 Å². The molecular formula is C14H14BrFN4O. The van der Waals surface area contributed by atoms with Gasteiger partial charge in [-0.05, 0) is 34.1 Å². The minimum absolute atomic E-state index is 0.319. The second-order valence-electron chi connectivity index (χ2n) is 4.62. The number of hydrogen-bond donors (Lipinski definition) is 1. The number of hydrogen-bond acceptors (Lipinski definition) is 5. The normalized spacial score (nSPS) is 15.0. The maximum absolute atomic E-state index is 13.1. The summed E-state index contributed by atoms with van der Waals surface area (Å²) in [5.41, 5.74) is 0. The molecule has 1 fully saturated rings. The summed E-state index contributed by atoms with van der Waals surface area (Å²) >= 11 is 3.30. The lowest BCUT2D eigenvalue weighted by atomic mass is 10.3. The maximum Gasteiger partial charge on any atom is 0.188 e. The molecule has 0 saturated carbocycles. The molecule has 5 nitrogen and oxygen atoms in total. The van der Waals surface area contributed by atoms with Gasteiger partial charge in [-0.2, -0.15) is 0 Å². The Hall–Kier alpha value is -1.73. The third-order valence-electron chi connectivity index (χ3n) is 3.19. The maximum atomic E-state index is 13.1. The molecule has 0 bridgehead atoms. The standard InChI is InChI=1S/C14H14BrFN4O/c15-11-7-10(16)1-2-12(11)21-13-8-18-9-19-14(13)20-5-3-17-4-6-20/h1-2,7-9,17H,3-6H2. The molecular weight excluding hydrogens is 339 g/mol. The van der Waals surface area contributed by atoms with Crippen LogP contribution in [0.5, 0.6) is 11.5 Å². The summed E-state index contributed by atoms with van der Waals surface area (Å²) in [5.74, 6) is 1.53. The van der Waals surface area contributed by atoms with E-state index in [-0.39, 0.29) is 5.82 Å². The van der Waals surface area contributed by atoms with Gasteiger partial charge in [0.05, 0.1) is 10.7 Å². The van der Waals surface area contributed by atoms with Crippen LogP contribution in [-0.2, 0) is 0 Å². The molecule has 1 aromatic heterocycles. The number of ether oxygens (including phenoxy) is 1. The van der Waals surface area contributed by atoms with Crippen LogP contribution in [0.15, 0.2) is 35.2 Å². The van der Waals surface area contributed by atoms with E-state index in [4.69, 9.17) is 4.74 Å². The third-order valence-corrected chi connectivity index (χ3v) is 3.81. The Kier molecular flexibility index (Phi) is 4.31. The molecule has 2 heterocycles. The molecule has 7 heteroatoms. The zero-order chi connectivity index (χ0) is 14.7. The first-order valence-corrected chi connectivity index (χ1v) is 7.42. The first-order chi connectivity index (χ1) is 10.2. The van der Waals surface area contributed by atoms with E-state index in [1.54, 1.807) is 12.3 Å². The molecule has 21 heavy (non-hydrogen) atoms. The van der Waals surface area contributed by atoms with Gasteiger partial charge >= 0.3 is 0 Å². The van der Waals surface area contributed by atoms with Gasteiger partial charge in [0.15, 0.2) is 11.6 Å². The number of nitrogens with one attached hydrogen (secondary N) is 1. The number of rotatable bonds is 3.